The fourth-order valence-corrected chi connectivity index (χ4v) is 2.03. The minimum atomic E-state index is 0.409. The third-order valence-electron chi connectivity index (χ3n) is 3.26. The molecule has 3 aromatic rings. The zero-order valence-electron chi connectivity index (χ0n) is 12.9. The van der Waals surface area contributed by atoms with Crippen LogP contribution in [0.1, 0.15) is 17.1 Å². The first kappa shape index (κ1) is 15.2. The number of benzene rings is 1. The SMILES string of the molecule is Cc1ccccc1-c1noc(CNCCOc2nonc2C)n1. The Bertz CT molecular complexity index is 768. The summed E-state index contributed by atoms with van der Waals surface area (Å²) >= 11 is 0. The lowest BCUT2D eigenvalue weighted by molar-refractivity contribution is 0.253. The summed E-state index contributed by atoms with van der Waals surface area (Å²) in [7, 11) is 0. The van der Waals surface area contributed by atoms with Crippen LogP contribution >= 0.6 is 0 Å². The van der Waals surface area contributed by atoms with Gasteiger partial charge in [-0.3, -0.25) is 0 Å². The fraction of sp³-hybridized carbons (Fsp3) is 0.333. The van der Waals surface area contributed by atoms with Crippen molar-refractivity contribution in [1.29, 1.82) is 0 Å². The van der Waals surface area contributed by atoms with E-state index < -0.39 is 0 Å². The molecule has 0 saturated heterocycles. The second kappa shape index (κ2) is 7.01. The first-order chi connectivity index (χ1) is 11.2. The summed E-state index contributed by atoms with van der Waals surface area (Å²) in [6.07, 6.45) is 0. The molecule has 3 rings (SSSR count). The van der Waals surface area contributed by atoms with Gasteiger partial charge in [-0.1, -0.05) is 34.6 Å². The van der Waals surface area contributed by atoms with E-state index in [1.54, 1.807) is 6.92 Å². The van der Waals surface area contributed by atoms with Crippen LogP contribution in [-0.2, 0) is 6.54 Å². The van der Waals surface area contributed by atoms with E-state index in [4.69, 9.17) is 9.26 Å². The zero-order valence-corrected chi connectivity index (χ0v) is 12.9. The second-order valence-electron chi connectivity index (χ2n) is 5.01. The molecule has 8 nitrogen and oxygen atoms in total. The summed E-state index contributed by atoms with van der Waals surface area (Å²) < 4.78 is 15.2. The Morgan fingerprint density at radius 1 is 1.13 bits per heavy atom. The van der Waals surface area contributed by atoms with Gasteiger partial charge in [-0.05, 0) is 24.6 Å². The van der Waals surface area contributed by atoms with E-state index in [9.17, 15) is 0 Å². The quantitative estimate of drug-likeness (QED) is 0.660. The van der Waals surface area contributed by atoms with E-state index in [1.165, 1.54) is 0 Å². The van der Waals surface area contributed by atoms with Crippen molar-refractivity contribution in [3.8, 4) is 17.3 Å². The summed E-state index contributed by atoms with van der Waals surface area (Å²) in [5.41, 5.74) is 2.71. The number of ether oxygens (including phenoxy) is 1. The van der Waals surface area contributed by atoms with Gasteiger partial charge < -0.3 is 14.6 Å². The highest BCUT2D eigenvalue weighted by atomic mass is 16.6. The maximum absolute atomic E-state index is 5.41. The third kappa shape index (κ3) is 3.72. The van der Waals surface area contributed by atoms with E-state index in [1.807, 2.05) is 31.2 Å². The van der Waals surface area contributed by atoms with E-state index in [-0.39, 0.29) is 0 Å². The first-order valence-electron chi connectivity index (χ1n) is 7.25. The zero-order chi connectivity index (χ0) is 16.1. The van der Waals surface area contributed by atoms with Gasteiger partial charge in [0.1, 0.15) is 12.3 Å². The predicted octanol–water partition coefficient (Wildman–Crippen LogP) is 1.91. The number of hydrogen-bond donors (Lipinski definition) is 1. The van der Waals surface area contributed by atoms with Gasteiger partial charge >= 0.3 is 0 Å². The lowest BCUT2D eigenvalue weighted by Gasteiger charge is -2.02. The molecule has 0 aliphatic rings. The molecule has 1 aromatic carbocycles. The van der Waals surface area contributed by atoms with Crippen LogP contribution in [-0.4, -0.2) is 33.6 Å². The smallest absolute Gasteiger partial charge is 0.278 e. The Kier molecular flexibility index (Phi) is 4.62. The average molecular weight is 315 g/mol. The van der Waals surface area contributed by atoms with E-state index in [0.29, 0.717) is 43.0 Å². The molecular formula is C15H17N5O3. The van der Waals surface area contributed by atoms with E-state index >= 15 is 0 Å². The van der Waals surface area contributed by atoms with Crippen molar-refractivity contribution in [2.75, 3.05) is 13.2 Å². The van der Waals surface area contributed by atoms with Gasteiger partial charge in [0.15, 0.2) is 0 Å². The van der Waals surface area contributed by atoms with Gasteiger partial charge in [0.25, 0.3) is 5.88 Å². The van der Waals surface area contributed by atoms with Gasteiger partial charge in [-0.15, -0.1) is 0 Å². The standard InChI is InChI=1S/C15H17N5O3/c1-10-5-3-4-6-12(10)14-17-13(22-19-14)9-16-7-8-21-15-11(2)18-23-20-15/h3-6,16H,7-9H2,1-2H3. The number of nitrogens with one attached hydrogen (secondary N) is 1. The molecule has 0 unspecified atom stereocenters. The van der Waals surface area contributed by atoms with Gasteiger partial charge in [0.2, 0.25) is 11.7 Å². The number of rotatable bonds is 7. The molecule has 2 aromatic heterocycles. The number of aryl methyl sites for hydroxylation is 2. The number of hydrogen-bond acceptors (Lipinski definition) is 8. The molecule has 0 saturated carbocycles. The van der Waals surface area contributed by atoms with Crippen LogP contribution in [0.5, 0.6) is 5.88 Å². The Hall–Kier alpha value is -2.74. The third-order valence-corrected chi connectivity index (χ3v) is 3.26. The minimum absolute atomic E-state index is 0.409. The van der Waals surface area contributed by atoms with Gasteiger partial charge in [-0.2, -0.15) is 4.98 Å². The molecule has 8 heteroatoms. The first-order valence-corrected chi connectivity index (χ1v) is 7.25. The van der Waals surface area contributed by atoms with Crippen molar-refractivity contribution in [3.63, 3.8) is 0 Å². The normalized spacial score (nSPS) is 10.9. The van der Waals surface area contributed by atoms with Crippen LogP contribution < -0.4 is 10.1 Å². The van der Waals surface area contributed by atoms with Crippen molar-refractivity contribution in [2.24, 2.45) is 0 Å². The van der Waals surface area contributed by atoms with Crippen LogP contribution in [0.4, 0.5) is 0 Å². The molecule has 120 valence electrons. The van der Waals surface area contributed by atoms with Gasteiger partial charge in [0.05, 0.1) is 6.54 Å². The summed E-state index contributed by atoms with van der Waals surface area (Å²) in [4.78, 5) is 4.38. The van der Waals surface area contributed by atoms with E-state index in [2.05, 4.69) is 30.4 Å². The molecule has 0 aliphatic carbocycles. The molecule has 0 amide bonds. The molecule has 2 heterocycles. The maximum Gasteiger partial charge on any atom is 0.278 e. The van der Waals surface area contributed by atoms with Crippen LogP contribution in [0.2, 0.25) is 0 Å². The Balaban J connectivity index is 1.46. The highest BCUT2D eigenvalue weighted by molar-refractivity contribution is 5.58. The predicted molar refractivity (Wildman–Crippen MR) is 80.7 cm³/mol. The summed E-state index contributed by atoms with van der Waals surface area (Å²) in [6.45, 7) is 5.30. The molecule has 0 fully saturated rings. The van der Waals surface area contributed by atoms with Crippen molar-refractivity contribution in [3.05, 3.63) is 41.4 Å². The fourth-order valence-electron chi connectivity index (χ4n) is 2.03. The van der Waals surface area contributed by atoms with Crippen LogP contribution in [0.15, 0.2) is 33.4 Å². The maximum atomic E-state index is 5.41. The van der Waals surface area contributed by atoms with Crippen molar-refractivity contribution in [2.45, 2.75) is 20.4 Å². The van der Waals surface area contributed by atoms with Crippen LogP contribution in [0, 0.1) is 13.8 Å². The molecule has 23 heavy (non-hydrogen) atoms. The molecule has 0 bridgehead atoms. The number of nitrogens with zero attached hydrogens (tertiary/aromatic N) is 4. The van der Waals surface area contributed by atoms with Gasteiger partial charge in [0, 0.05) is 12.1 Å². The van der Waals surface area contributed by atoms with Crippen LogP contribution in [0.3, 0.4) is 0 Å². The molecule has 0 atom stereocenters. The number of aromatic nitrogens is 4. The highest BCUT2D eigenvalue weighted by Crippen LogP contribution is 2.19. The minimum Gasteiger partial charge on any atom is -0.473 e. The summed E-state index contributed by atoms with van der Waals surface area (Å²) in [6, 6.07) is 7.92. The Morgan fingerprint density at radius 3 is 2.78 bits per heavy atom. The van der Waals surface area contributed by atoms with Crippen LogP contribution in [0.25, 0.3) is 11.4 Å². The molecular weight excluding hydrogens is 298 g/mol. The lowest BCUT2D eigenvalue weighted by Crippen LogP contribution is -2.21. The van der Waals surface area contributed by atoms with Crippen molar-refractivity contribution < 1.29 is 13.9 Å². The van der Waals surface area contributed by atoms with Gasteiger partial charge in [-0.25, -0.2) is 4.63 Å². The Morgan fingerprint density at radius 2 is 2.00 bits per heavy atom. The highest BCUT2D eigenvalue weighted by Gasteiger charge is 2.10. The molecule has 0 spiro atoms. The average Bonchev–Trinajstić information content (AvgIpc) is 3.17. The second-order valence-corrected chi connectivity index (χ2v) is 5.01. The topological polar surface area (TPSA) is 99.1 Å². The molecule has 1 N–H and O–H groups in total. The largest absolute Gasteiger partial charge is 0.473 e. The van der Waals surface area contributed by atoms with E-state index in [0.717, 1.165) is 11.1 Å². The summed E-state index contributed by atoms with van der Waals surface area (Å²) in [5, 5.41) is 14.5. The Labute approximate surface area is 132 Å². The monoisotopic (exact) mass is 315 g/mol. The molecule has 0 radical (unpaired) electrons. The van der Waals surface area contributed by atoms with Crippen molar-refractivity contribution in [1.82, 2.24) is 25.8 Å². The lowest BCUT2D eigenvalue weighted by atomic mass is 10.1. The van der Waals surface area contributed by atoms with Crippen molar-refractivity contribution >= 4 is 0 Å². The molecule has 0 aliphatic heterocycles. The summed E-state index contributed by atoms with van der Waals surface area (Å²) in [5.74, 6) is 1.54.